The van der Waals surface area contributed by atoms with E-state index in [-0.39, 0.29) is 11.9 Å². The summed E-state index contributed by atoms with van der Waals surface area (Å²) in [6, 6.07) is 0. The van der Waals surface area contributed by atoms with Gasteiger partial charge in [0.1, 0.15) is 0 Å². The van der Waals surface area contributed by atoms with Crippen molar-refractivity contribution < 1.29 is 9.53 Å². The molecule has 0 bridgehead atoms. The maximum absolute atomic E-state index is 10.8. The summed E-state index contributed by atoms with van der Waals surface area (Å²) in [6.07, 6.45) is 3.93. The topological polar surface area (TPSA) is 26.3 Å². The van der Waals surface area contributed by atoms with Gasteiger partial charge >= 0.3 is 0 Å². The van der Waals surface area contributed by atoms with Crippen LogP contribution in [0.5, 0.6) is 0 Å². The SMILES string of the molecule is C=CC(=O)CCC(C)OCCC. The van der Waals surface area contributed by atoms with Crippen molar-refractivity contribution in [2.45, 2.75) is 39.2 Å². The van der Waals surface area contributed by atoms with Crippen LogP contribution >= 0.6 is 0 Å². The molecule has 0 heterocycles. The van der Waals surface area contributed by atoms with Gasteiger partial charge in [0.2, 0.25) is 0 Å². The molecule has 0 aromatic heterocycles. The first kappa shape index (κ1) is 11.4. The van der Waals surface area contributed by atoms with Crippen LogP contribution in [0.2, 0.25) is 0 Å². The second kappa shape index (κ2) is 7.04. The lowest BCUT2D eigenvalue weighted by atomic mass is 10.1. The normalized spacial score (nSPS) is 12.5. The smallest absolute Gasteiger partial charge is 0.155 e. The van der Waals surface area contributed by atoms with Crippen LogP contribution in [0.15, 0.2) is 12.7 Å². The van der Waals surface area contributed by atoms with E-state index in [0.29, 0.717) is 6.42 Å². The predicted octanol–water partition coefficient (Wildman–Crippen LogP) is 2.34. The van der Waals surface area contributed by atoms with Gasteiger partial charge in [-0.2, -0.15) is 0 Å². The lowest BCUT2D eigenvalue weighted by Crippen LogP contribution is -2.10. The Labute approximate surface area is 74.6 Å². The highest BCUT2D eigenvalue weighted by molar-refractivity contribution is 5.88. The highest BCUT2D eigenvalue weighted by Gasteiger charge is 2.03. The number of carbonyl (C=O) groups excluding carboxylic acids is 1. The first-order valence-corrected chi connectivity index (χ1v) is 4.47. The van der Waals surface area contributed by atoms with E-state index in [9.17, 15) is 4.79 Å². The number of ketones is 1. The summed E-state index contributed by atoms with van der Waals surface area (Å²) in [6.45, 7) is 8.25. The molecule has 0 aromatic carbocycles. The number of hydrogen-bond donors (Lipinski definition) is 0. The zero-order chi connectivity index (χ0) is 9.40. The minimum absolute atomic E-state index is 0.0990. The molecule has 12 heavy (non-hydrogen) atoms. The molecule has 0 radical (unpaired) electrons. The van der Waals surface area contributed by atoms with Crippen LogP contribution in [-0.4, -0.2) is 18.5 Å². The molecule has 2 heteroatoms. The van der Waals surface area contributed by atoms with E-state index in [1.807, 2.05) is 6.92 Å². The third-order valence-electron chi connectivity index (χ3n) is 1.63. The van der Waals surface area contributed by atoms with E-state index in [2.05, 4.69) is 13.5 Å². The van der Waals surface area contributed by atoms with E-state index in [1.54, 1.807) is 0 Å². The highest BCUT2D eigenvalue weighted by atomic mass is 16.5. The molecule has 0 aliphatic rings. The van der Waals surface area contributed by atoms with Crippen molar-refractivity contribution in [3.8, 4) is 0 Å². The van der Waals surface area contributed by atoms with E-state index in [1.165, 1.54) is 6.08 Å². The van der Waals surface area contributed by atoms with Crippen molar-refractivity contribution in [2.75, 3.05) is 6.61 Å². The van der Waals surface area contributed by atoms with Crippen molar-refractivity contribution in [1.82, 2.24) is 0 Å². The van der Waals surface area contributed by atoms with Crippen LogP contribution in [0.4, 0.5) is 0 Å². The Morgan fingerprint density at radius 1 is 1.67 bits per heavy atom. The van der Waals surface area contributed by atoms with Crippen molar-refractivity contribution in [2.24, 2.45) is 0 Å². The number of ether oxygens (including phenoxy) is 1. The van der Waals surface area contributed by atoms with Gasteiger partial charge in [-0.15, -0.1) is 0 Å². The Morgan fingerprint density at radius 2 is 2.33 bits per heavy atom. The van der Waals surface area contributed by atoms with Crippen molar-refractivity contribution in [3.05, 3.63) is 12.7 Å². The summed E-state index contributed by atoms with van der Waals surface area (Å²) in [5.41, 5.74) is 0. The van der Waals surface area contributed by atoms with Crippen molar-refractivity contribution in [1.29, 1.82) is 0 Å². The maximum Gasteiger partial charge on any atom is 0.155 e. The fraction of sp³-hybridized carbons (Fsp3) is 0.700. The summed E-state index contributed by atoms with van der Waals surface area (Å²) >= 11 is 0. The van der Waals surface area contributed by atoms with Crippen LogP contribution in [0.3, 0.4) is 0 Å². The molecule has 0 fully saturated rings. The molecular weight excluding hydrogens is 152 g/mol. The van der Waals surface area contributed by atoms with Gasteiger partial charge in [0.25, 0.3) is 0 Å². The second-order valence-corrected chi connectivity index (χ2v) is 2.89. The van der Waals surface area contributed by atoms with Gasteiger partial charge in [-0.3, -0.25) is 4.79 Å². The molecule has 0 saturated heterocycles. The molecule has 1 atom stereocenters. The second-order valence-electron chi connectivity index (χ2n) is 2.89. The van der Waals surface area contributed by atoms with Crippen LogP contribution in [0.1, 0.15) is 33.1 Å². The van der Waals surface area contributed by atoms with Crippen LogP contribution in [0.25, 0.3) is 0 Å². The molecule has 0 amide bonds. The molecule has 0 aromatic rings. The molecular formula is C10H18O2. The number of hydrogen-bond acceptors (Lipinski definition) is 2. The van der Waals surface area contributed by atoms with Gasteiger partial charge in [-0.1, -0.05) is 13.5 Å². The summed E-state index contributed by atoms with van der Waals surface area (Å²) in [4.78, 5) is 10.8. The largest absolute Gasteiger partial charge is 0.379 e. The number of rotatable bonds is 7. The van der Waals surface area contributed by atoms with Gasteiger partial charge in [0.15, 0.2) is 5.78 Å². The number of carbonyl (C=O) groups is 1. The zero-order valence-corrected chi connectivity index (χ0v) is 8.01. The Balaban J connectivity index is 3.36. The highest BCUT2D eigenvalue weighted by Crippen LogP contribution is 2.02. The summed E-state index contributed by atoms with van der Waals surface area (Å²) in [7, 11) is 0. The lowest BCUT2D eigenvalue weighted by molar-refractivity contribution is -0.115. The van der Waals surface area contributed by atoms with Gasteiger partial charge in [0, 0.05) is 13.0 Å². The molecule has 0 spiro atoms. The molecule has 0 aliphatic heterocycles. The maximum atomic E-state index is 10.8. The Morgan fingerprint density at radius 3 is 2.83 bits per heavy atom. The first-order valence-electron chi connectivity index (χ1n) is 4.47. The summed E-state index contributed by atoms with van der Waals surface area (Å²) in [5.74, 6) is 0.0990. The van der Waals surface area contributed by atoms with Crippen molar-refractivity contribution >= 4 is 5.78 Å². The molecule has 0 aliphatic carbocycles. The molecule has 70 valence electrons. The third-order valence-corrected chi connectivity index (χ3v) is 1.63. The summed E-state index contributed by atoms with van der Waals surface area (Å²) < 4.78 is 5.40. The quantitative estimate of drug-likeness (QED) is 0.548. The number of allylic oxidation sites excluding steroid dienone is 1. The van der Waals surface area contributed by atoms with Gasteiger partial charge in [0.05, 0.1) is 6.10 Å². The Bertz CT molecular complexity index is 141. The third kappa shape index (κ3) is 6.10. The molecule has 2 nitrogen and oxygen atoms in total. The van der Waals surface area contributed by atoms with E-state index in [4.69, 9.17) is 4.74 Å². The molecule has 0 rings (SSSR count). The van der Waals surface area contributed by atoms with E-state index < -0.39 is 0 Å². The average molecular weight is 170 g/mol. The predicted molar refractivity (Wildman–Crippen MR) is 50.1 cm³/mol. The van der Waals surface area contributed by atoms with Gasteiger partial charge in [-0.05, 0) is 25.8 Å². The first-order chi connectivity index (χ1) is 5.70. The fourth-order valence-corrected chi connectivity index (χ4v) is 0.850. The average Bonchev–Trinajstić information content (AvgIpc) is 2.10. The van der Waals surface area contributed by atoms with E-state index in [0.717, 1.165) is 19.4 Å². The molecule has 0 saturated carbocycles. The minimum Gasteiger partial charge on any atom is -0.379 e. The van der Waals surface area contributed by atoms with Crippen molar-refractivity contribution in [3.63, 3.8) is 0 Å². The van der Waals surface area contributed by atoms with Gasteiger partial charge in [-0.25, -0.2) is 0 Å². The minimum atomic E-state index is 0.0990. The fourth-order valence-electron chi connectivity index (χ4n) is 0.850. The van der Waals surface area contributed by atoms with Crippen LogP contribution in [0, 0.1) is 0 Å². The Kier molecular flexibility index (Phi) is 6.67. The Hall–Kier alpha value is -0.630. The van der Waals surface area contributed by atoms with E-state index >= 15 is 0 Å². The van der Waals surface area contributed by atoms with Gasteiger partial charge < -0.3 is 4.74 Å². The lowest BCUT2D eigenvalue weighted by Gasteiger charge is -2.10. The molecule has 0 N–H and O–H groups in total. The van der Waals surface area contributed by atoms with Crippen LogP contribution < -0.4 is 0 Å². The monoisotopic (exact) mass is 170 g/mol. The molecule has 1 unspecified atom stereocenters. The standard InChI is InChI=1S/C10H18O2/c1-4-8-12-9(3)6-7-10(11)5-2/h5,9H,2,4,6-8H2,1,3H3. The van der Waals surface area contributed by atoms with Crippen LogP contribution in [-0.2, 0) is 9.53 Å². The zero-order valence-electron chi connectivity index (χ0n) is 8.01. The summed E-state index contributed by atoms with van der Waals surface area (Å²) in [5, 5.41) is 0.